The van der Waals surface area contributed by atoms with Gasteiger partial charge in [-0.1, -0.05) is 42.5 Å². The molecule has 24 heavy (non-hydrogen) atoms. The predicted molar refractivity (Wildman–Crippen MR) is 90.9 cm³/mol. The zero-order chi connectivity index (χ0) is 16.4. The molecule has 0 aliphatic rings. The molecule has 0 atom stereocenters. The fourth-order valence-electron chi connectivity index (χ4n) is 2.55. The Bertz CT molecular complexity index is 980. The molecule has 2 aromatic carbocycles. The smallest absolute Gasteiger partial charge is 0.237 e. The maximum absolute atomic E-state index is 9.90. The molecule has 0 spiro atoms. The highest BCUT2D eigenvalue weighted by Crippen LogP contribution is 2.30. The Hall–Kier alpha value is -3.34. The summed E-state index contributed by atoms with van der Waals surface area (Å²) in [4.78, 5) is 8.63. The molecule has 5 heteroatoms. The van der Waals surface area contributed by atoms with E-state index in [1.165, 1.54) is 12.3 Å². The van der Waals surface area contributed by atoms with E-state index in [2.05, 4.69) is 9.97 Å². The van der Waals surface area contributed by atoms with Crippen LogP contribution in [0.3, 0.4) is 0 Å². The van der Waals surface area contributed by atoms with Crippen molar-refractivity contribution in [3.8, 4) is 22.9 Å². The Morgan fingerprint density at radius 1 is 0.958 bits per heavy atom. The molecule has 118 valence electrons. The summed E-state index contributed by atoms with van der Waals surface area (Å²) in [6.07, 6.45) is 3.28. The lowest BCUT2D eigenvalue weighted by atomic mass is 10.1. The van der Waals surface area contributed by atoms with Gasteiger partial charge < -0.3 is 9.84 Å². The molecule has 0 fully saturated rings. The Morgan fingerprint density at radius 2 is 1.75 bits per heavy atom. The van der Waals surface area contributed by atoms with Gasteiger partial charge in [-0.05, 0) is 17.7 Å². The summed E-state index contributed by atoms with van der Waals surface area (Å²) in [5.74, 6) is 1.29. The molecule has 0 radical (unpaired) electrons. The molecular weight excluding hydrogens is 302 g/mol. The van der Waals surface area contributed by atoms with Crippen LogP contribution in [-0.4, -0.2) is 19.5 Å². The van der Waals surface area contributed by atoms with Crippen LogP contribution in [0.5, 0.6) is 11.6 Å². The average Bonchev–Trinajstić information content (AvgIpc) is 3.07. The number of rotatable bonds is 4. The number of hydrogen-bond donors (Lipinski definition) is 1. The van der Waals surface area contributed by atoms with E-state index in [9.17, 15) is 5.11 Å². The molecule has 0 amide bonds. The fourth-order valence-corrected chi connectivity index (χ4v) is 2.55. The number of nitrogens with zero attached hydrogens (tertiary/aromatic N) is 3. The summed E-state index contributed by atoms with van der Waals surface area (Å²) in [6, 6.07) is 19.2. The van der Waals surface area contributed by atoms with Gasteiger partial charge in [0.05, 0.1) is 5.69 Å². The van der Waals surface area contributed by atoms with E-state index in [1.54, 1.807) is 10.6 Å². The summed E-state index contributed by atoms with van der Waals surface area (Å²) in [5, 5.41) is 9.90. The lowest BCUT2D eigenvalue weighted by Gasteiger charge is -2.10. The Balaban J connectivity index is 1.69. The van der Waals surface area contributed by atoms with Crippen LogP contribution in [-0.2, 0) is 6.61 Å². The van der Waals surface area contributed by atoms with Gasteiger partial charge in [0.2, 0.25) is 5.78 Å². The number of imidazole rings is 1. The van der Waals surface area contributed by atoms with Gasteiger partial charge in [-0.3, -0.25) is 4.40 Å². The molecule has 0 aliphatic carbocycles. The van der Waals surface area contributed by atoms with E-state index < -0.39 is 0 Å². The molecular formula is C19H15N3O2. The first-order valence-electron chi connectivity index (χ1n) is 7.60. The van der Waals surface area contributed by atoms with E-state index in [-0.39, 0.29) is 5.88 Å². The highest BCUT2D eigenvalue weighted by atomic mass is 16.5. The molecule has 2 heterocycles. The van der Waals surface area contributed by atoms with Crippen LogP contribution in [0, 0.1) is 0 Å². The number of para-hydroxylation sites is 1. The number of fused-ring (bicyclic) bond motifs is 1. The van der Waals surface area contributed by atoms with Gasteiger partial charge in [-0.2, -0.15) is 0 Å². The van der Waals surface area contributed by atoms with E-state index in [1.807, 2.05) is 54.6 Å². The monoisotopic (exact) mass is 317 g/mol. The molecule has 0 saturated carbocycles. The molecule has 2 aromatic heterocycles. The molecule has 0 saturated heterocycles. The van der Waals surface area contributed by atoms with Crippen molar-refractivity contribution in [1.29, 1.82) is 0 Å². The molecule has 4 aromatic rings. The minimum absolute atomic E-state index is 0.0986. The van der Waals surface area contributed by atoms with Crippen LogP contribution in [0.15, 0.2) is 73.1 Å². The SMILES string of the molecule is Oc1ccnc2nc(-c3ccccc3OCc3ccccc3)cn12. The van der Waals surface area contributed by atoms with Crippen molar-refractivity contribution in [2.45, 2.75) is 6.61 Å². The van der Waals surface area contributed by atoms with Crippen molar-refractivity contribution in [2.24, 2.45) is 0 Å². The fraction of sp³-hybridized carbons (Fsp3) is 0.0526. The molecule has 0 bridgehead atoms. The maximum atomic E-state index is 9.90. The standard InChI is InChI=1S/C19H15N3O2/c23-18-10-11-20-19-21-16(12-22(18)19)15-8-4-5-9-17(15)24-13-14-6-2-1-3-7-14/h1-12,23H,13H2. The molecule has 1 N–H and O–H groups in total. The largest absolute Gasteiger partial charge is 0.494 e. The van der Waals surface area contributed by atoms with Crippen molar-refractivity contribution in [1.82, 2.24) is 14.4 Å². The van der Waals surface area contributed by atoms with Crippen molar-refractivity contribution >= 4 is 5.78 Å². The highest BCUT2D eigenvalue weighted by molar-refractivity contribution is 5.68. The molecule has 0 aliphatic heterocycles. The van der Waals surface area contributed by atoms with Crippen LogP contribution in [0.2, 0.25) is 0 Å². The molecule has 0 unspecified atom stereocenters. The third-order valence-corrected chi connectivity index (χ3v) is 3.75. The van der Waals surface area contributed by atoms with Crippen molar-refractivity contribution in [3.05, 3.63) is 78.6 Å². The van der Waals surface area contributed by atoms with Crippen molar-refractivity contribution in [3.63, 3.8) is 0 Å². The van der Waals surface area contributed by atoms with Gasteiger partial charge in [0.25, 0.3) is 0 Å². The van der Waals surface area contributed by atoms with Crippen LogP contribution in [0.25, 0.3) is 17.0 Å². The second-order valence-corrected chi connectivity index (χ2v) is 5.37. The lowest BCUT2D eigenvalue weighted by molar-refractivity contribution is 0.307. The minimum atomic E-state index is 0.0986. The summed E-state index contributed by atoms with van der Waals surface area (Å²) in [7, 11) is 0. The normalized spacial score (nSPS) is 10.8. The second kappa shape index (κ2) is 6.04. The Labute approximate surface area is 138 Å². The third-order valence-electron chi connectivity index (χ3n) is 3.75. The van der Waals surface area contributed by atoms with Gasteiger partial charge in [0.1, 0.15) is 12.4 Å². The lowest BCUT2D eigenvalue weighted by Crippen LogP contribution is -1.96. The van der Waals surface area contributed by atoms with Crippen molar-refractivity contribution in [2.75, 3.05) is 0 Å². The van der Waals surface area contributed by atoms with Gasteiger partial charge in [0.15, 0.2) is 5.88 Å². The zero-order valence-corrected chi connectivity index (χ0v) is 12.8. The predicted octanol–water partition coefficient (Wildman–Crippen LogP) is 3.68. The number of hydrogen-bond acceptors (Lipinski definition) is 4. The highest BCUT2D eigenvalue weighted by Gasteiger charge is 2.12. The summed E-state index contributed by atoms with van der Waals surface area (Å²) in [5.41, 5.74) is 2.66. The van der Waals surface area contributed by atoms with Crippen LogP contribution in [0.1, 0.15) is 5.56 Å². The Kier molecular flexibility index (Phi) is 3.59. The Morgan fingerprint density at radius 3 is 2.58 bits per heavy atom. The topological polar surface area (TPSA) is 59.7 Å². The summed E-state index contributed by atoms with van der Waals surface area (Å²) >= 11 is 0. The van der Waals surface area contributed by atoms with E-state index in [0.717, 1.165) is 16.9 Å². The van der Waals surface area contributed by atoms with Gasteiger partial charge >= 0.3 is 0 Å². The van der Waals surface area contributed by atoms with E-state index in [0.29, 0.717) is 18.1 Å². The third kappa shape index (κ3) is 2.67. The maximum Gasteiger partial charge on any atom is 0.237 e. The molecule has 5 nitrogen and oxygen atoms in total. The first kappa shape index (κ1) is 14.3. The summed E-state index contributed by atoms with van der Waals surface area (Å²) < 4.78 is 7.52. The van der Waals surface area contributed by atoms with Crippen LogP contribution >= 0.6 is 0 Å². The number of benzene rings is 2. The first-order chi connectivity index (χ1) is 11.8. The number of aromatic hydroxyl groups is 1. The van der Waals surface area contributed by atoms with E-state index in [4.69, 9.17) is 4.74 Å². The minimum Gasteiger partial charge on any atom is -0.494 e. The van der Waals surface area contributed by atoms with Gasteiger partial charge in [0, 0.05) is 24.0 Å². The molecule has 4 rings (SSSR count). The zero-order valence-electron chi connectivity index (χ0n) is 12.8. The first-order valence-corrected chi connectivity index (χ1v) is 7.60. The quantitative estimate of drug-likeness (QED) is 0.624. The number of aromatic nitrogens is 3. The average molecular weight is 317 g/mol. The van der Waals surface area contributed by atoms with E-state index >= 15 is 0 Å². The summed E-state index contributed by atoms with van der Waals surface area (Å²) in [6.45, 7) is 0.481. The van der Waals surface area contributed by atoms with Gasteiger partial charge in [-0.25, -0.2) is 9.97 Å². The van der Waals surface area contributed by atoms with Crippen LogP contribution in [0.4, 0.5) is 0 Å². The van der Waals surface area contributed by atoms with Crippen LogP contribution < -0.4 is 4.74 Å². The number of ether oxygens (including phenoxy) is 1. The van der Waals surface area contributed by atoms with Gasteiger partial charge in [-0.15, -0.1) is 0 Å². The van der Waals surface area contributed by atoms with Crippen molar-refractivity contribution < 1.29 is 9.84 Å². The second-order valence-electron chi connectivity index (χ2n) is 5.37.